The molecule has 0 aliphatic carbocycles. The molecular weight excluding hydrogens is 409 g/mol. The van der Waals surface area contributed by atoms with E-state index in [1.807, 2.05) is 0 Å². The first-order valence-electron chi connectivity index (χ1n) is 8.15. The van der Waals surface area contributed by atoms with Crippen LogP contribution in [-0.4, -0.2) is 31.1 Å². The Labute approximate surface area is 169 Å². The van der Waals surface area contributed by atoms with Gasteiger partial charge in [0.2, 0.25) is 0 Å². The summed E-state index contributed by atoms with van der Waals surface area (Å²) in [5.74, 6) is -3.09. The van der Waals surface area contributed by atoms with E-state index in [1.54, 1.807) is 6.92 Å². The fourth-order valence-electron chi connectivity index (χ4n) is 2.33. The Morgan fingerprint density at radius 2 is 1.96 bits per heavy atom. The fourth-order valence-corrected chi connectivity index (χ4v) is 3.66. The first-order chi connectivity index (χ1) is 13.3. The first-order valence-corrected chi connectivity index (χ1v) is 9.35. The summed E-state index contributed by atoms with van der Waals surface area (Å²) in [5.41, 5.74) is -0.0912. The van der Waals surface area contributed by atoms with Crippen molar-refractivity contribution in [2.45, 2.75) is 13.8 Å². The molecule has 0 spiro atoms. The summed E-state index contributed by atoms with van der Waals surface area (Å²) < 4.78 is 24.0. The van der Waals surface area contributed by atoms with Crippen LogP contribution in [0.15, 0.2) is 30.9 Å². The second-order valence-electron chi connectivity index (χ2n) is 5.42. The number of esters is 2. The van der Waals surface area contributed by atoms with Gasteiger partial charge in [-0.3, -0.25) is 4.79 Å². The molecule has 148 valence electrons. The van der Waals surface area contributed by atoms with E-state index in [2.05, 4.69) is 11.9 Å². The molecule has 1 amide bonds. The zero-order valence-electron chi connectivity index (χ0n) is 15.1. The Kier molecular flexibility index (Phi) is 7.31. The van der Waals surface area contributed by atoms with Crippen LogP contribution in [0.1, 0.15) is 42.9 Å². The fraction of sp³-hybridized carbons (Fsp3) is 0.211. The quantitative estimate of drug-likeness (QED) is 0.517. The summed E-state index contributed by atoms with van der Waals surface area (Å²) >= 11 is 6.74. The highest BCUT2D eigenvalue weighted by molar-refractivity contribution is 7.18. The summed E-state index contributed by atoms with van der Waals surface area (Å²) in [4.78, 5) is 37.2. The Hall–Kier alpha value is -2.71. The minimum absolute atomic E-state index is 0.00165. The van der Waals surface area contributed by atoms with Gasteiger partial charge in [-0.25, -0.2) is 14.0 Å². The molecular formula is C19H17ClFNO5S. The molecule has 1 aromatic carbocycles. The number of halogens is 2. The number of hydrogen-bond donors (Lipinski definition) is 1. The van der Waals surface area contributed by atoms with Gasteiger partial charge < -0.3 is 14.8 Å². The van der Waals surface area contributed by atoms with Crippen molar-refractivity contribution >= 4 is 45.8 Å². The van der Waals surface area contributed by atoms with Gasteiger partial charge in [0.25, 0.3) is 5.91 Å². The molecule has 28 heavy (non-hydrogen) atoms. The molecule has 0 aliphatic heterocycles. The number of benzene rings is 1. The van der Waals surface area contributed by atoms with E-state index < -0.39 is 23.7 Å². The number of nitrogens with one attached hydrogen (secondary N) is 1. The van der Waals surface area contributed by atoms with Crippen LogP contribution in [0.4, 0.5) is 9.39 Å². The predicted molar refractivity (Wildman–Crippen MR) is 105 cm³/mol. The van der Waals surface area contributed by atoms with Gasteiger partial charge in [-0.15, -0.1) is 11.3 Å². The lowest BCUT2D eigenvalue weighted by atomic mass is 10.1. The van der Waals surface area contributed by atoms with E-state index in [4.69, 9.17) is 21.1 Å². The van der Waals surface area contributed by atoms with Gasteiger partial charge in [-0.05, 0) is 31.5 Å². The van der Waals surface area contributed by atoms with Gasteiger partial charge >= 0.3 is 11.9 Å². The van der Waals surface area contributed by atoms with E-state index in [9.17, 15) is 18.8 Å². The molecule has 0 atom stereocenters. The summed E-state index contributed by atoms with van der Waals surface area (Å²) in [6, 6.07) is 3.82. The van der Waals surface area contributed by atoms with Crippen molar-refractivity contribution in [1.82, 2.24) is 0 Å². The average molecular weight is 426 g/mol. The lowest BCUT2D eigenvalue weighted by molar-refractivity contribution is 0.0527. The molecule has 2 rings (SSSR count). The van der Waals surface area contributed by atoms with Crippen molar-refractivity contribution in [3.05, 3.63) is 63.3 Å². The smallest absolute Gasteiger partial charge is 0.348 e. The van der Waals surface area contributed by atoms with Crippen LogP contribution in [0.3, 0.4) is 0 Å². The molecule has 0 saturated heterocycles. The van der Waals surface area contributed by atoms with Crippen LogP contribution in [-0.2, 0) is 9.47 Å². The van der Waals surface area contributed by atoms with E-state index in [0.29, 0.717) is 0 Å². The van der Waals surface area contributed by atoms with E-state index in [1.165, 1.54) is 25.1 Å². The van der Waals surface area contributed by atoms with Crippen LogP contribution in [0, 0.1) is 12.7 Å². The Bertz CT molecular complexity index is 920. The van der Waals surface area contributed by atoms with Crippen molar-refractivity contribution in [3.8, 4) is 0 Å². The molecule has 0 bridgehead atoms. The third-order valence-electron chi connectivity index (χ3n) is 3.56. The number of carbonyl (C=O) groups is 3. The van der Waals surface area contributed by atoms with E-state index in [-0.39, 0.29) is 44.8 Å². The minimum atomic E-state index is -0.860. The molecule has 1 aromatic heterocycles. The van der Waals surface area contributed by atoms with Gasteiger partial charge in [0.15, 0.2) is 0 Å². The maximum absolute atomic E-state index is 14.0. The van der Waals surface area contributed by atoms with Crippen molar-refractivity contribution < 1.29 is 28.2 Å². The summed E-state index contributed by atoms with van der Waals surface area (Å²) in [6.45, 7) is 6.69. The lowest BCUT2D eigenvalue weighted by Crippen LogP contribution is -2.16. The van der Waals surface area contributed by atoms with Crippen LogP contribution >= 0.6 is 22.9 Å². The molecule has 0 radical (unpaired) electrons. The van der Waals surface area contributed by atoms with E-state index >= 15 is 0 Å². The third-order valence-corrected chi connectivity index (χ3v) is 5.06. The van der Waals surface area contributed by atoms with Gasteiger partial charge in [0.1, 0.15) is 22.3 Å². The number of carbonyl (C=O) groups excluding carboxylic acids is 3. The highest BCUT2D eigenvalue weighted by Gasteiger charge is 2.28. The Morgan fingerprint density at radius 3 is 2.57 bits per heavy atom. The second kappa shape index (κ2) is 9.48. The van der Waals surface area contributed by atoms with Crippen LogP contribution in [0.5, 0.6) is 0 Å². The van der Waals surface area contributed by atoms with Crippen molar-refractivity contribution in [1.29, 1.82) is 0 Å². The largest absolute Gasteiger partial charge is 0.462 e. The zero-order valence-corrected chi connectivity index (χ0v) is 16.7. The summed E-state index contributed by atoms with van der Waals surface area (Å²) in [6.07, 6.45) is 1.40. The third kappa shape index (κ3) is 4.58. The molecule has 0 unspecified atom stereocenters. The maximum atomic E-state index is 14.0. The highest BCUT2D eigenvalue weighted by atomic mass is 35.5. The number of thiophene rings is 1. The van der Waals surface area contributed by atoms with Gasteiger partial charge in [-0.2, -0.15) is 0 Å². The summed E-state index contributed by atoms with van der Waals surface area (Å²) in [5, 5.41) is 2.39. The van der Waals surface area contributed by atoms with Gasteiger partial charge in [0.05, 0.1) is 22.8 Å². The Balaban J connectivity index is 2.46. The Morgan fingerprint density at radius 1 is 1.25 bits per heavy atom. The van der Waals surface area contributed by atoms with E-state index in [0.717, 1.165) is 17.4 Å². The SMILES string of the molecule is C=CCOC(=O)c1sc(NC(=O)c2c(F)cccc2Cl)c(C(=O)OCC)c1C. The number of anilines is 1. The van der Waals surface area contributed by atoms with Crippen molar-refractivity contribution in [3.63, 3.8) is 0 Å². The molecule has 0 fully saturated rings. The topological polar surface area (TPSA) is 81.7 Å². The molecule has 2 aromatic rings. The molecule has 1 N–H and O–H groups in total. The highest BCUT2D eigenvalue weighted by Crippen LogP contribution is 2.35. The normalized spacial score (nSPS) is 10.3. The van der Waals surface area contributed by atoms with Crippen molar-refractivity contribution in [2.24, 2.45) is 0 Å². The summed E-state index contributed by atoms with van der Waals surface area (Å²) in [7, 11) is 0. The first kappa shape index (κ1) is 21.6. The molecule has 6 nitrogen and oxygen atoms in total. The van der Waals surface area contributed by atoms with Crippen LogP contribution in [0.2, 0.25) is 5.02 Å². The lowest BCUT2D eigenvalue weighted by Gasteiger charge is -2.08. The van der Waals surface area contributed by atoms with Crippen molar-refractivity contribution in [2.75, 3.05) is 18.5 Å². The van der Waals surface area contributed by atoms with Crippen LogP contribution in [0.25, 0.3) is 0 Å². The number of rotatable bonds is 7. The molecule has 1 heterocycles. The predicted octanol–water partition coefficient (Wildman–Crippen LogP) is 4.62. The molecule has 9 heteroatoms. The number of hydrogen-bond acceptors (Lipinski definition) is 6. The number of amides is 1. The second-order valence-corrected chi connectivity index (χ2v) is 6.85. The maximum Gasteiger partial charge on any atom is 0.348 e. The minimum Gasteiger partial charge on any atom is -0.462 e. The number of ether oxygens (including phenoxy) is 2. The average Bonchev–Trinajstić information content (AvgIpc) is 2.95. The van der Waals surface area contributed by atoms with Gasteiger partial charge in [-0.1, -0.05) is 30.3 Å². The van der Waals surface area contributed by atoms with Gasteiger partial charge in [0, 0.05) is 0 Å². The van der Waals surface area contributed by atoms with Crippen LogP contribution < -0.4 is 5.32 Å². The molecule has 0 saturated carbocycles. The monoisotopic (exact) mass is 425 g/mol. The zero-order chi connectivity index (χ0) is 20.8. The standard InChI is InChI=1S/C19H17ClFNO5S/c1-4-9-27-19(25)15-10(3)13(18(24)26-5-2)17(28-15)22-16(23)14-11(20)7-6-8-12(14)21/h4,6-8H,1,5,9H2,2-3H3,(H,22,23). The molecule has 0 aliphatic rings.